The molecular weight excluding hydrogens is 326 g/mol. The van der Waals surface area contributed by atoms with Crippen molar-refractivity contribution in [3.05, 3.63) is 34.9 Å². The predicted octanol–water partition coefficient (Wildman–Crippen LogP) is 0.955. The largest absolute Gasteiger partial charge is 0.362 e. The molecule has 1 aromatic rings. The molecule has 0 bridgehead atoms. The first kappa shape index (κ1) is 18.0. The van der Waals surface area contributed by atoms with Crippen molar-refractivity contribution in [3.8, 4) is 0 Å². The molecule has 0 aliphatic heterocycles. The highest BCUT2D eigenvalue weighted by Gasteiger charge is 2.17. The second-order valence-electron chi connectivity index (χ2n) is 4.35. The summed E-state index contributed by atoms with van der Waals surface area (Å²) in [7, 11) is 0. The number of urea groups is 1. The predicted molar refractivity (Wildman–Crippen MR) is 89.1 cm³/mol. The van der Waals surface area contributed by atoms with Crippen molar-refractivity contribution >= 4 is 40.9 Å². The Morgan fingerprint density at radius 1 is 1.27 bits per heavy atom. The average Bonchev–Trinajstić information content (AvgIpc) is 2.45. The molecule has 0 fully saturated rings. The van der Waals surface area contributed by atoms with E-state index in [0.29, 0.717) is 22.2 Å². The molecule has 0 saturated carbocycles. The zero-order chi connectivity index (χ0) is 16.5. The third-order valence-corrected chi connectivity index (χ3v) is 3.13. The van der Waals surface area contributed by atoms with Gasteiger partial charge in [0.05, 0.1) is 12.5 Å². The molecule has 0 spiro atoms. The van der Waals surface area contributed by atoms with E-state index in [0.717, 1.165) is 0 Å². The van der Waals surface area contributed by atoms with Crippen LogP contribution in [-0.4, -0.2) is 23.6 Å². The fourth-order valence-electron chi connectivity index (χ4n) is 1.69. The van der Waals surface area contributed by atoms with Gasteiger partial charge in [0.15, 0.2) is 5.11 Å². The molecule has 120 valence electrons. The number of carbonyl (C=O) groups excluding carboxylic acids is 2. The lowest BCUT2D eigenvalue weighted by molar-refractivity contribution is -0.122. The van der Waals surface area contributed by atoms with Crippen LogP contribution < -0.4 is 27.2 Å². The summed E-state index contributed by atoms with van der Waals surface area (Å²) in [6, 6.07) is 5.49. The monoisotopic (exact) mass is 343 g/mol. The Labute approximate surface area is 138 Å². The molecule has 1 aromatic carbocycles. The summed E-state index contributed by atoms with van der Waals surface area (Å²) in [4.78, 5) is 23.0. The van der Waals surface area contributed by atoms with Crippen LogP contribution in [0.3, 0.4) is 0 Å². The molecule has 6 N–H and O–H groups in total. The Hall–Kier alpha value is -2.06. The van der Waals surface area contributed by atoms with Gasteiger partial charge in [-0.25, -0.2) is 4.79 Å². The van der Waals surface area contributed by atoms with E-state index in [1.807, 2.05) is 6.92 Å². The van der Waals surface area contributed by atoms with Gasteiger partial charge in [-0.2, -0.15) is 0 Å². The van der Waals surface area contributed by atoms with Crippen molar-refractivity contribution < 1.29 is 9.59 Å². The molecule has 0 unspecified atom stereocenters. The number of hydrogen-bond donors (Lipinski definition) is 5. The topological polar surface area (TPSA) is 108 Å². The maximum atomic E-state index is 11.9. The van der Waals surface area contributed by atoms with Crippen LogP contribution in [0.2, 0.25) is 5.02 Å². The summed E-state index contributed by atoms with van der Waals surface area (Å²) in [5, 5.41) is 6.21. The van der Waals surface area contributed by atoms with E-state index in [9.17, 15) is 9.59 Å². The molecule has 0 saturated heterocycles. The Balaban J connectivity index is 2.65. The van der Waals surface area contributed by atoms with Crippen LogP contribution in [0.5, 0.6) is 0 Å². The van der Waals surface area contributed by atoms with Crippen LogP contribution in [0.1, 0.15) is 24.9 Å². The molecule has 0 radical (unpaired) electrons. The normalized spacial score (nSPS) is 11.2. The van der Waals surface area contributed by atoms with Crippen molar-refractivity contribution in [3.63, 3.8) is 0 Å². The van der Waals surface area contributed by atoms with E-state index in [-0.39, 0.29) is 12.3 Å². The van der Waals surface area contributed by atoms with E-state index in [1.165, 1.54) is 0 Å². The quantitative estimate of drug-likeness (QED) is 0.404. The second kappa shape index (κ2) is 9.06. The zero-order valence-electron chi connectivity index (χ0n) is 12.0. The van der Waals surface area contributed by atoms with Gasteiger partial charge in [0, 0.05) is 11.6 Å². The fourth-order valence-corrected chi connectivity index (χ4v) is 2.01. The summed E-state index contributed by atoms with van der Waals surface area (Å²) in [6.07, 6.45) is -0.00763. The summed E-state index contributed by atoms with van der Waals surface area (Å²) >= 11 is 10.7. The van der Waals surface area contributed by atoms with Gasteiger partial charge in [-0.1, -0.05) is 23.7 Å². The number of nitrogens with one attached hydrogen (secondary N) is 4. The number of benzene rings is 1. The molecule has 9 heteroatoms. The minimum Gasteiger partial charge on any atom is -0.362 e. The Morgan fingerprint density at radius 3 is 2.45 bits per heavy atom. The van der Waals surface area contributed by atoms with Crippen LogP contribution in [-0.2, 0) is 4.79 Å². The standard InChI is InChI=1S/C13H18ClN5O2S/c1-2-16-13(22)19-18-11(20)7-10(17-12(15)21)8-3-5-9(14)6-4-8/h3-6,10H,2,7H2,1H3,(H,18,20)(H3,15,17,21)(H2,16,19,22)/t10-/m1/s1. The van der Waals surface area contributed by atoms with Gasteiger partial charge in [-0.15, -0.1) is 0 Å². The highest BCUT2D eigenvalue weighted by Crippen LogP contribution is 2.19. The van der Waals surface area contributed by atoms with Crippen LogP contribution in [0.25, 0.3) is 0 Å². The molecule has 1 rings (SSSR count). The smallest absolute Gasteiger partial charge is 0.312 e. The number of carbonyl (C=O) groups is 2. The van der Waals surface area contributed by atoms with Crippen molar-refractivity contribution in [2.24, 2.45) is 5.73 Å². The molecule has 7 nitrogen and oxygen atoms in total. The van der Waals surface area contributed by atoms with Crippen LogP contribution in [0, 0.1) is 0 Å². The van der Waals surface area contributed by atoms with E-state index in [1.54, 1.807) is 24.3 Å². The van der Waals surface area contributed by atoms with Gasteiger partial charge in [-0.3, -0.25) is 15.6 Å². The van der Waals surface area contributed by atoms with Crippen molar-refractivity contribution in [2.45, 2.75) is 19.4 Å². The fraction of sp³-hybridized carbons (Fsp3) is 0.308. The SMILES string of the molecule is CCNC(=S)NNC(=O)C[C@@H](NC(N)=O)c1ccc(Cl)cc1. The lowest BCUT2D eigenvalue weighted by Crippen LogP contribution is -2.47. The Morgan fingerprint density at radius 2 is 1.91 bits per heavy atom. The maximum Gasteiger partial charge on any atom is 0.312 e. The van der Waals surface area contributed by atoms with Gasteiger partial charge in [0.2, 0.25) is 5.91 Å². The number of hydrazine groups is 1. The number of primary amides is 1. The van der Waals surface area contributed by atoms with Crippen LogP contribution in [0.4, 0.5) is 4.79 Å². The Bertz CT molecular complexity index is 538. The van der Waals surface area contributed by atoms with Crippen LogP contribution in [0.15, 0.2) is 24.3 Å². The number of nitrogens with two attached hydrogens (primary N) is 1. The maximum absolute atomic E-state index is 11.9. The minimum absolute atomic E-state index is 0.00763. The number of amides is 3. The number of hydrogen-bond acceptors (Lipinski definition) is 3. The zero-order valence-corrected chi connectivity index (χ0v) is 13.6. The van der Waals surface area contributed by atoms with Crippen molar-refractivity contribution in [2.75, 3.05) is 6.54 Å². The van der Waals surface area contributed by atoms with Crippen molar-refractivity contribution in [1.29, 1.82) is 0 Å². The van der Waals surface area contributed by atoms with Gasteiger partial charge in [0.1, 0.15) is 0 Å². The molecule has 0 aliphatic rings. The lowest BCUT2D eigenvalue weighted by Gasteiger charge is -2.18. The third kappa shape index (κ3) is 6.59. The lowest BCUT2D eigenvalue weighted by atomic mass is 10.0. The third-order valence-electron chi connectivity index (χ3n) is 2.63. The number of halogens is 1. The summed E-state index contributed by atoms with van der Waals surface area (Å²) in [5.74, 6) is -0.353. The first-order valence-electron chi connectivity index (χ1n) is 6.56. The number of thiocarbonyl (C=S) groups is 1. The molecule has 3 amide bonds. The highest BCUT2D eigenvalue weighted by atomic mass is 35.5. The van der Waals surface area contributed by atoms with Gasteiger partial charge < -0.3 is 16.4 Å². The first-order chi connectivity index (χ1) is 10.4. The molecule has 0 aromatic heterocycles. The summed E-state index contributed by atoms with van der Waals surface area (Å²) < 4.78 is 0. The molecule has 0 heterocycles. The number of rotatable bonds is 5. The van der Waals surface area contributed by atoms with E-state index >= 15 is 0 Å². The van der Waals surface area contributed by atoms with Crippen LogP contribution >= 0.6 is 23.8 Å². The highest BCUT2D eigenvalue weighted by molar-refractivity contribution is 7.80. The van der Waals surface area contributed by atoms with Gasteiger partial charge >= 0.3 is 6.03 Å². The summed E-state index contributed by atoms with van der Waals surface area (Å²) in [5.41, 5.74) is 10.9. The van der Waals surface area contributed by atoms with E-state index < -0.39 is 12.1 Å². The minimum atomic E-state index is -0.719. The first-order valence-corrected chi connectivity index (χ1v) is 7.35. The molecular formula is C13H18ClN5O2S. The van der Waals surface area contributed by atoms with Gasteiger partial charge in [-0.05, 0) is 36.8 Å². The van der Waals surface area contributed by atoms with E-state index in [2.05, 4.69) is 21.5 Å². The average molecular weight is 344 g/mol. The Kier molecular flexibility index (Phi) is 7.41. The molecule has 0 aliphatic carbocycles. The summed E-state index contributed by atoms with van der Waals surface area (Å²) in [6.45, 7) is 2.52. The second-order valence-corrected chi connectivity index (χ2v) is 5.19. The van der Waals surface area contributed by atoms with Gasteiger partial charge in [0.25, 0.3) is 0 Å². The molecule has 22 heavy (non-hydrogen) atoms. The molecule has 1 atom stereocenters. The van der Waals surface area contributed by atoms with E-state index in [4.69, 9.17) is 29.6 Å². The van der Waals surface area contributed by atoms with Crippen molar-refractivity contribution in [1.82, 2.24) is 21.5 Å².